The molecule has 4 nitrogen and oxygen atoms in total. The van der Waals surface area contributed by atoms with Gasteiger partial charge in [0.1, 0.15) is 5.82 Å². The van der Waals surface area contributed by atoms with E-state index in [-0.39, 0.29) is 0 Å². The molecule has 1 heterocycles. The van der Waals surface area contributed by atoms with Crippen LogP contribution in [0.2, 0.25) is 0 Å². The molecule has 0 fully saturated rings. The first kappa shape index (κ1) is 13.8. The summed E-state index contributed by atoms with van der Waals surface area (Å²) in [5.41, 5.74) is 4.80. The monoisotopic (exact) mass is 258 g/mol. The second kappa shape index (κ2) is 5.99. The number of rotatable bonds is 5. The van der Waals surface area contributed by atoms with Gasteiger partial charge in [0.25, 0.3) is 0 Å². The Kier molecular flexibility index (Phi) is 4.35. The molecule has 0 aliphatic rings. The van der Waals surface area contributed by atoms with E-state index in [1.54, 1.807) is 0 Å². The van der Waals surface area contributed by atoms with E-state index in [0.717, 1.165) is 35.2 Å². The third-order valence-electron chi connectivity index (χ3n) is 3.70. The fourth-order valence-corrected chi connectivity index (χ4v) is 2.14. The van der Waals surface area contributed by atoms with E-state index in [2.05, 4.69) is 48.3 Å². The van der Waals surface area contributed by atoms with Gasteiger partial charge in [-0.2, -0.15) is 0 Å². The molecule has 0 aliphatic heterocycles. The molecule has 0 amide bonds. The molecule has 1 unspecified atom stereocenters. The second-order valence-corrected chi connectivity index (χ2v) is 5.01. The molecule has 3 N–H and O–H groups in total. The molecule has 19 heavy (non-hydrogen) atoms. The Morgan fingerprint density at radius 1 is 1.37 bits per heavy atom. The molecule has 4 heteroatoms. The summed E-state index contributed by atoms with van der Waals surface area (Å²) < 4.78 is 0. The zero-order valence-electron chi connectivity index (χ0n) is 11.9. The number of nitrogens with two attached hydrogens (primary N) is 1. The van der Waals surface area contributed by atoms with Gasteiger partial charge in [0.2, 0.25) is 0 Å². The summed E-state index contributed by atoms with van der Waals surface area (Å²) in [6.07, 6.45) is 1.13. The first-order valence-corrected chi connectivity index (χ1v) is 6.71. The summed E-state index contributed by atoms with van der Waals surface area (Å²) in [5, 5.41) is 1.15. The number of hydrogen-bond donors (Lipinski definition) is 2. The summed E-state index contributed by atoms with van der Waals surface area (Å²) in [7, 11) is 2.13. The third kappa shape index (κ3) is 3.03. The largest absolute Gasteiger partial charge is 0.308 e. The van der Waals surface area contributed by atoms with Crippen LogP contribution in [-0.4, -0.2) is 23.0 Å². The van der Waals surface area contributed by atoms with Crippen LogP contribution in [0, 0.1) is 0 Å². The highest BCUT2D eigenvalue weighted by Crippen LogP contribution is 2.21. The van der Waals surface area contributed by atoms with Gasteiger partial charge in [-0.1, -0.05) is 25.1 Å². The van der Waals surface area contributed by atoms with Crippen LogP contribution in [-0.2, 0) is 6.54 Å². The highest BCUT2D eigenvalue weighted by atomic mass is 15.3. The number of nitrogens with one attached hydrogen (secondary N) is 1. The van der Waals surface area contributed by atoms with Crippen LogP contribution in [0.3, 0.4) is 0 Å². The maximum Gasteiger partial charge on any atom is 0.145 e. The number of hydrazine groups is 1. The molecule has 1 atom stereocenters. The molecule has 1 aromatic carbocycles. The van der Waals surface area contributed by atoms with Crippen molar-refractivity contribution in [2.45, 2.75) is 32.9 Å². The lowest BCUT2D eigenvalue weighted by atomic mass is 10.1. The van der Waals surface area contributed by atoms with Crippen molar-refractivity contribution in [3.63, 3.8) is 0 Å². The Labute approximate surface area is 114 Å². The molecule has 0 spiro atoms. The van der Waals surface area contributed by atoms with Gasteiger partial charge in [-0.15, -0.1) is 0 Å². The van der Waals surface area contributed by atoms with Crippen molar-refractivity contribution < 1.29 is 0 Å². The standard InChI is InChI=1S/C15H22N4/c1-4-11(2)19(3)10-13-9-12-7-5-6-8-14(12)17-15(13)18-16/h5-9,11H,4,10,16H2,1-3H3,(H,17,18). The van der Waals surface area contributed by atoms with Crippen LogP contribution >= 0.6 is 0 Å². The SMILES string of the molecule is CCC(C)N(C)Cc1cc2ccccc2nc1NN. The van der Waals surface area contributed by atoms with Crippen LogP contribution in [0.1, 0.15) is 25.8 Å². The summed E-state index contributed by atoms with van der Waals surface area (Å²) in [6, 6.07) is 10.8. The number of hydrogen-bond acceptors (Lipinski definition) is 4. The zero-order chi connectivity index (χ0) is 13.8. The number of aromatic nitrogens is 1. The van der Waals surface area contributed by atoms with Gasteiger partial charge in [-0.3, -0.25) is 4.90 Å². The Morgan fingerprint density at radius 3 is 2.79 bits per heavy atom. The van der Waals surface area contributed by atoms with Gasteiger partial charge in [0.05, 0.1) is 5.52 Å². The average Bonchev–Trinajstić information content (AvgIpc) is 2.45. The molecule has 0 radical (unpaired) electrons. The van der Waals surface area contributed by atoms with Crippen LogP contribution in [0.5, 0.6) is 0 Å². The highest BCUT2D eigenvalue weighted by molar-refractivity contribution is 5.81. The molecule has 2 rings (SSSR count). The van der Waals surface area contributed by atoms with E-state index < -0.39 is 0 Å². The molecule has 0 saturated heterocycles. The second-order valence-electron chi connectivity index (χ2n) is 5.01. The average molecular weight is 258 g/mol. The maximum absolute atomic E-state index is 5.59. The van der Waals surface area contributed by atoms with Crippen molar-refractivity contribution in [1.82, 2.24) is 9.88 Å². The van der Waals surface area contributed by atoms with Gasteiger partial charge in [0, 0.05) is 23.5 Å². The van der Waals surface area contributed by atoms with E-state index >= 15 is 0 Å². The van der Waals surface area contributed by atoms with Crippen LogP contribution in [0.4, 0.5) is 5.82 Å². The Hall–Kier alpha value is -1.65. The van der Waals surface area contributed by atoms with E-state index in [1.165, 1.54) is 0 Å². The molecule has 102 valence electrons. The number of anilines is 1. The molecule has 0 saturated carbocycles. The highest BCUT2D eigenvalue weighted by Gasteiger charge is 2.11. The topological polar surface area (TPSA) is 54.2 Å². The third-order valence-corrected chi connectivity index (χ3v) is 3.70. The molecular formula is C15H22N4. The summed E-state index contributed by atoms with van der Waals surface area (Å²) in [6.45, 7) is 5.26. The normalized spacial score (nSPS) is 12.9. The van der Waals surface area contributed by atoms with Crippen LogP contribution < -0.4 is 11.3 Å². The quantitative estimate of drug-likeness (QED) is 0.639. The summed E-state index contributed by atoms with van der Waals surface area (Å²) in [4.78, 5) is 6.88. The molecule has 1 aromatic heterocycles. The van der Waals surface area contributed by atoms with Gasteiger partial charge >= 0.3 is 0 Å². The van der Waals surface area contributed by atoms with Gasteiger partial charge in [0.15, 0.2) is 0 Å². The lowest BCUT2D eigenvalue weighted by Gasteiger charge is -2.24. The minimum atomic E-state index is 0.539. The predicted octanol–water partition coefficient (Wildman–Crippen LogP) is 2.75. The van der Waals surface area contributed by atoms with Gasteiger partial charge in [-0.05, 0) is 32.5 Å². The van der Waals surface area contributed by atoms with E-state index in [4.69, 9.17) is 5.84 Å². The molecular weight excluding hydrogens is 236 g/mol. The Balaban J connectivity index is 2.35. The van der Waals surface area contributed by atoms with Crippen molar-refractivity contribution >= 4 is 16.7 Å². The van der Waals surface area contributed by atoms with Crippen molar-refractivity contribution in [1.29, 1.82) is 0 Å². The zero-order valence-corrected chi connectivity index (χ0v) is 11.9. The lowest BCUT2D eigenvalue weighted by Crippen LogP contribution is -2.28. The smallest absolute Gasteiger partial charge is 0.145 e. The summed E-state index contributed by atoms with van der Waals surface area (Å²) in [5.74, 6) is 6.35. The fraction of sp³-hybridized carbons (Fsp3) is 0.400. The minimum absolute atomic E-state index is 0.539. The number of benzene rings is 1. The lowest BCUT2D eigenvalue weighted by molar-refractivity contribution is 0.244. The number of nitrogen functional groups attached to an aromatic ring is 1. The van der Waals surface area contributed by atoms with Crippen LogP contribution in [0.15, 0.2) is 30.3 Å². The van der Waals surface area contributed by atoms with Gasteiger partial charge in [-0.25, -0.2) is 10.8 Å². The van der Waals surface area contributed by atoms with Crippen molar-refractivity contribution in [3.8, 4) is 0 Å². The summed E-state index contributed by atoms with van der Waals surface area (Å²) >= 11 is 0. The van der Waals surface area contributed by atoms with Gasteiger partial charge < -0.3 is 5.43 Å². The molecule has 0 bridgehead atoms. The first-order valence-electron chi connectivity index (χ1n) is 6.71. The van der Waals surface area contributed by atoms with E-state index in [0.29, 0.717) is 6.04 Å². The Bertz CT molecular complexity index is 553. The number of nitrogens with zero attached hydrogens (tertiary/aromatic N) is 2. The van der Waals surface area contributed by atoms with E-state index in [9.17, 15) is 0 Å². The molecule has 2 aromatic rings. The maximum atomic E-state index is 5.59. The fourth-order valence-electron chi connectivity index (χ4n) is 2.14. The molecule has 0 aliphatic carbocycles. The van der Waals surface area contributed by atoms with Crippen molar-refractivity contribution in [3.05, 3.63) is 35.9 Å². The minimum Gasteiger partial charge on any atom is -0.308 e. The predicted molar refractivity (Wildman–Crippen MR) is 80.8 cm³/mol. The number of pyridine rings is 1. The number of para-hydroxylation sites is 1. The van der Waals surface area contributed by atoms with Crippen molar-refractivity contribution in [2.75, 3.05) is 12.5 Å². The van der Waals surface area contributed by atoms with Crippen molar-refractivity contribution in [2.24, 2.45) is 5.84 Å². The van der Waals surface area contributed by atoms with E-state index in [1.807, 2.05) is 18.2 Å². The first-order chi connectivity index (χ1) is 9.15. The van der Waals surface area contributed by atoms with Crippen LogP contribution in [0.25, 0.3) is 10.9 Å². The Morgan fingerprint density at radius 2 is 2.11 bits per heavy atom. The number of fused-ring (bicyclic) bond motifs is 1.